The van der Waals surface area contributed by atoms with Crippen LogP contribution in [-0.2, 0) is 9.13 Å². The highest BCUT2D eigenvalue weighted by molar-refractivity contribution is 7.75. The molecule has 0 saturated heterocycles. The third-order valence-electron chi connectivity index (χ3n) is 9.59. The largest absolute Gasteiger partial charge is 0.433 e. The van der Waals surface area contributed by atoms with Crippen molar-refractivity contribution in [3.05, 3.63) is 194 Å². The zero-order chi connectivity index (χ0) is 35.1. The normalized spacial score (nSPS) is 12.0. The van der Waals surface area contributed by atoms with Crippen LogP contribution in [-0.4, -0.2) is 0 Å². The monoisotopic (exact) mass is 710 g/mol. The summed E-state index contributed by atoms with van der Waals surface area (Å²) in [7, 11) is -7.65. The molecular formula is C46H32O4P2. The van der Waals surface area contributed by atoms with E-state index in [2.05, 4.69) is 0 Å². The number of benzene rings is 9. The molecule has 4 nitrogen and oxygen atoms in total. The standard InChI is InChI=1S/C46H32O4P2/c47-51(41-25-21-33-11-1-5-15-37(33)29-41,42-26-22-34-12-2-6-16-38(34)30-42)49-45-19-9-10-20-46(45)50-52(48,43-27-23-35-13-3-7-17-39(35)31-43)44-28-24-36-14-4-8-18-40(36)32-44/h1-32H. The van der Waals surface area contributed by atoms with Crippen LogP contribution in [0.25, 0.3) is 43.1 Å². The summed E-state index contributed by atoms with van der Waals surface area (Å²) in [5.74, 6) is 0.461. The highest BCUT2D eigenvalue weighted by Gasteiger charge is 2.35. The third-order valence-corrected chi connectivity index (χ3v) is 14.3. The SMILES string of the molecule is O=P(Oc1ccccc1OP(=O)(c1ccc2ccccc2c1)c1ccc2ccccc2c1)(c1ccc2ccccc2c1)c1ccc2ccccc2c1. The minimum Gasteiger partial charge on any atom is -0.433 e. The Morgan fingerprint density at radius 2 is 0.500 bits per heavy atom. The molecule has 9 rings (SSSR count). The summed E-state index contributed by atoms with van der Waals surface area (Å²) in [6, 6.07) is 62.1. The molecule has 9 aromatic carbocycles. The second-order valence-corrected chi connectivity index (χ2v) is 17.5. The van der Waals surface area contributed by atoms with Gasteiger partial charge in [0.15, 0.2) is 11.5 Å². The highest BCUT2D eigenvalue weighted by atomic mass is 31.2. The van der Waals surface area contributed by atoms with Crippen molar-refractivity contribution in [3.8, 4) is 11.5 Å². The van der Waals surface area contributed by atoms with Crippen LogP contribution < -0.4 is 30.3 Å². The molecule has 0 radical (unpaired) electrons. The number of para-hydroxylation sites is 2. The van der Waals surface area contributed by atoms with Crippen molar-refractivity contribution in [2.75, 3.05) is 0 Å². The summed E-state index contributed by atoms with van der Waals surface area (Å²) in [5.41, 5.74) is 0. The molecule has 0 N–H and O–H groups in total. The van der Waals surface area contributed by atoms with E-state index in [-0.39, 0.29) is 11.5 Å². The van der Waals surface area contributed by atoms with Crippen molar-refractivity contribution in [3.63, 3.8) is 0 Å². The minimum absolute atomic E-state index is 0.231. The molecular weight excluding hydrogens is 678 g/mol. The topological polar surface area (TPSA) is 52.6 Å². The molecule has 0 heterocycles. The van der Waals surface area contributed by atoms with E-state index >= 15 is 9.13 Å². The van der Waals surface area contributed by atoms with E-state index in [1.807, 2.05) is 182 Å². The van der Waals surface area contributed by atoms with Crippen LogP contribution in [0.2, 0.25) is 0 Å². The Hall–Kier alpha value is -5.92. The molecule has 9 aromatic rings. The molecule has 0 unspecified atom stereocenters. The summed E-state index contributed by atoms with van der Waals surface area (Å²) in [6.07, 6.45) is 0. The summed E-state index contributed by atoms with van der Waals surface area (Å²) in [6.45, 7) is 0. The van der Waals surface area contributed by atoms with Crippen LogP contribution in [0.15, 0.2) is 194 Å². The maximum Gasteiger partial charge on any atom is 0.306 e. The van der Waals surface area contributed by atoms with E-state index in [0.717, 1.165) is 43.1 Å². The van der Waals surface area contributed by atoms with Gasteiger partial charge in [0.25, 0.3) is 0 Å². The van der Waals surface area contributed by atoms with Gasteiger partial charge < -0.3 is 9.05 Å². The van der Waals surface area contributed by atoms with Crippen LogP contribution in [0.1, 0.15) is 0 Å². The smallest absolute Gasteiger partial charge is 0.306 e. The molecule has 0 bridgehead atoms. The molecule has 0 atom stereocenters. The summed E-state index contributed by atoms with van der Waals surface area (Å²) in [4.78, 5) is 0. The van der Waals surface area contributed by atoms with Crippen LogP contribution >= 0.6 is 14.7 Å². The summed E-state index contributed by atoms with van der Waals surface area (Å²) < 4.78 is 44.9. The Morgan fingerprint density at radius 1 is 0.269 bits per heavy atom. The Bertz CT molecular complexity index is 2530. The molecule has 0 aliphatic heterocycles. The lowest BCUT2D eigenvalue weighted by Crippen LogP contribution is -2.22. The molecule has 0 fully saturated rings. The fourth-order valence-corrected chi connectivity index (χ4v) is 11.0. The fraction of sp³-hybridized carbons (Fsp3) is 0. The first-order chi connectivity index (χ1) is 25.5. The van der Waals surface area contributed by atoms with E-state index in [4.69, 9.17) is 9.05 Å². The molecule has 0 saturated carbocycles. The molecule has 52 heavy (non-hydrogen) atoms. The quantitative estimate of drug-likeness (QED) is 0.147. The van der Waals surface area contributed by atoms with E-state index in [1.165, 1.54) is 0 Å². The van der Waals surface area contributed by atoms with Crippen molar-refractivity contribution >= 4 is 79.0 Å². The third kappa shape index (κ3) is 5.77. The fourth-order valence-electron chi connectivity index (χ4n) is 6.83. The van der Waals surface area contributed by atoms with Crippen molar-refractivity contribution < 1.29 is 18.2 Å². The lowest BCUT2D eigenvalue weighted by Gasteiger charge is -2.25. The van der Waals surface area contributed by atoms with Gasteiger partial charge in [-0.05, 0) is 104 Å². The first-order valence-electron chi connectivity index (χ1n) is 17.1. The molecule has 0 aromatic heterocycles. The van der Waals surface area contributed by atoms with Gasteiger partial charge >= 0.3 is 14.7 Å². The summed E-state index contributed by atoms with van der Waals surface area (Å²) >= 11 is 0. The lowest BCUT2D eigenvalue weighted by molar-refractivity contribution is 0.466. The van der Waals surface area contributed by atoms with E-state index in [1.54, 1.807) is 12.1 Å². The maximum absolute atomic E-state index is 15.7. The molecule has 0 amide bonds. The molecule has 250 valence electrons. The van der Waals surface area contributed by atoms with Crippen molar-refractivity contribution in [1.82, 2.24) is 0 Å². The predicted octanol–water partition coefficient (Wildman–Crippen LogP) is 10.9. The van der Waals surface area contributed by atoms with Crippen LogP contribution in [0, 0.1) is 0 Å². The average molecular weight is 711 g/mol. The Balaban J connectivity index is 1.20. The van der Waals surface area contributed by atoms with Gasteiger partial charge in [0.1, 0.15) is 0 Å². The van der Waals surface area contributed by atoms with Crippen molar-refractivity contribution in [2.45, 2.75) is 0 Å². The second kappa shape index (κ2) is 13.0. The number of hydrogen-bond donors (Lipinski definition) is 0. The number of rotatable bonds is 8. The zero-order valence-electron chi connectivity index (χ0n) is 28.0. The van der Waals surface area contributed by atoms with Gasteiger partial charge in [0, 0.05) is 0 Å². The van der Waals surface area contributed by atoms with Gasteiger partial charge in [0.2, 0.25) is 0 Å². The van der Waals surface area contributed by atoms with Crippen LogP contribution in [0.3, 0.4) is 0 Å². The van der Waals surface area contributed by atoms with Crippen molar-refractivity contribution in [1.29, 1.82) is 0 Å². The van der Waals surface area contributed by atoms with Gasteiger partial charge in [-0.3, -0.25) is 9.13 Å². The Kier molecular flexibility index (Phi) is 8.01. The minimum atomic E-state index is -3.83. The van der Waals surface area contributed by atoms with Gasteiger partial charge in [-0.25, -0.2) is 0 Å². The highest BCUT2D eigenvalue weighted by Crippen LogP contribution is 2.53. The first-order valence-corrected chi connectivity index (χ1v) is 20.4. The van der Waals surface area contributed by atoms with E-state index < -0.39 is 14.7 Å². The Morgan fingerprint density at radius 3 is 0.769 bits per heavy atom. The molecule has 6 heteroatoms. The van der Waals surface area contributed by atoms with Gasteiger partial charge in [-0.15, -0.1) is 0 Å². The lowest BCUT2D eigenvalue weighted by atomic mass is 10.1. The average Bonchev–Trinajstić information content (AvgIpc) is 3.20. The van der Waals surface area contributed by atoms with Gasteiger partial charge in [-0.1, -0.05) is 133 Å². The number of hydrogen-bond acceptors (Lipinski definition) is 4. The van der Waals surface area contributed by atoms with Crippen LogP contribution in [0.4, 0.5) is 0 Å². The van der Waals surface area contributed by atoms with E-state index in [9.17, 15) is 0 Å². The predicted molar refractivity (Wildman–Crippen MR) is 217 cm³/mol. The molecule has 0 spiro atoms. The van der Waals surface area contributed by atoms with Gasteiger partial charge in [-0.2, -0.15) is 0 Å². The van der Waals surface area contributed by atoms with Crippen molar-refractivity contribution in [2.24, 2.45) is 0 Å². The van der Waals surface area contributed by atoms with Gasteiger partial charge in [0.05, 0.1) is 21.2 Å². The zero-order valence-corrected chi connectivity index (χ0v) is 29.8. The molecule has 0 aliphatic rings. The maximum atomic E-state index is 15.7. The summed E-state index contributed by atoms with van der Waals surface area (Å²) in [5, 5.41) is 10.1. The van der Waals surface area contributed by atoms with Crippen LogP contribution in [0.5, 0.6) is 11.5 Å². The second-order valence-electron chi connectivity index (χ2n) is 12.9. The Labute approximate surface area is 301 Å². The number of fused-ring (bicyclic) bond motifs is 4. The first kappa shape index (κ1) is 32.0. The van der Waals surface area contributed by atoms with E-state index in [0.29, 0.717) is 21.2 Å². The molecule has 0 aliphatic carbocycles.